The smallest absolute Gasteiger partial charge is 0.213 e. The number of aliphatic imine (C=N–C) groups is 1. The number of hydrogen-bond donors (Lipinski definition) is 1. The zero-order chi connectivity index (χ0) is 15.9. The third-order valence-electron chi connectivity index (χ3n) is 3.92. The monoisotopic (exact) mass is 432 g/mol. The number of likely N-dealkylation sites (tertiary alicyclic amines) is 1. The molecule has 0 aliphatic carbocycles. The average molecular weight is 432 g/mol. The van der Waals surface area contributed by atoms with Gasteiger partial charge in [-0.3, -0.25) is 4.99 Å². The number of nitrogens with zero attached hydrogens (tertiary/aromatic N) is 3. The molecule has 0 saturated carbocycles. The molecule has 1 aliphatic rings. The van der Waals surface area contributed by atoms with Gasteiger partial charge in [0.05, 0.1) is 6.61 Å². The van der Waals surface area contributed by atoms with Gasteiger partial charge < -0.3 is 15.0 Å². The molecule has 23 heavy (non-hydrogen) atoms. The van der Waals surface area contributed by atoms with Crippen LogP contribution in [0, 0.1) is 11.8 Å². The quantitative estimate of drug-likeness (QED) is 0.451. The fourth-order valence-electron chi connectivity index (χ4n) is 3.14. The summed E-state index contributed by atoms with van der Waals surface area (Å²) in [5, 5.41) is 3.46. The summed E-state index contributed by atoms with van der Waals surface area (Å²) in [6.45, 7) is 10.1. The van der Waals surface area contributed by atoms with Gasteiger partial charge in [-0.2, -0.15) is 0 Å². The van der Waals surface area contributed by atoms with E-state index in [4.69, 9.17) is 4.74 Å². The third-order valence-corrected chi connectivity index (χ3v) is 3.92. The minimum Gasteiger partial charge on any atom is -0.478 e. The molecular formula is C17H29IN4O. The summed E-state index contributed by atoms with van der Waals surface area (Å²) >= 11 is 0. The maximum atomic E-state index is 5.44. The van der Waals surface area contributed by atoms with Gasteiger partial charge in [0.25, 0.3) is 0 Å². The Morgan fingerprint density at radius 1 is 1.39 bits per heavy atom. The van der Waals surface area contributed by atoms with Gasteiger partial charge in [0.1, 0.15) is 0 Å². The maximum Gasteiger partial charge on any atom is 0.213 e. The van der Waals surface area contributed by atoms with Crippen LogP contribution >= 0.6 is 24.0 Å². The Morgan fingerprint density at radius 2 is 2.09 bits per heavy atom. The van der Waals surface area contributed by atoms with Crippen molar-refractivity contribution >= 4 is 29.9 Å². The number of guanidine groups is 1. The molecule has 0 aromatic carbocycles. The minimum atomic E-state index is 0. The molecule has 0 radical (unpaired) electrons. The largest absolute Gasteiger partial charge is 0.478 e. The molecule has 2 heterocycles. The van der Waals surface area contributed by atoms with Crippen molar-refractivity contribution in [3.63, 3.8) is 0 Å². The van der Waals surface area contributed by atoms with Crippen LogP contribution in [0.5, 0.6) is 5.88 Å². The highest BCUT2D eigenvalue weighted by Crippen LogP contribution is 2.21. The van der Waals surface area contributed by atoms with Crippen molar-refractivity contribution in [2.45, 2.75) is 33.7 Å². The number of ether oxygens (including phenoxy) is 1. The number of pyridine rings is 1. The second-order valence-electron chi connectivity index (χ2n) is 6.19. The molecule has 1 fully saturated rings. The van der Waals surface area contributed by atoms with Gasteiger partial charge in [-0.25, -0.2) is 4.98 Å². The van der Waals surface area contributed by atoms with Crippen molar-refractivity contribution in [1.82, 2.24) is 15.2 Å². The lowest BCUT2D eigenvalue weighted by Crippen LogP contribution is -2.48. The van der Waals surface area contributed by atoms with Crippen molar-refractivity contribution < 1.29 is 4.74 Å². The zero-order valence-corrected chi connectivity index (χ0v) is 16.9. The highest BCUT2D eigenvalue weighted by Gasteiger charge is 2.23. The van der Waals surface area contributed by atoms with Crippen molar-refractivity contribution in [2.75, 3.05) is 26.7 Å². The van der Waals surface area contributed by atoms with E-state index in [-0.39, 0.29) is 24.0 Å². The number of rotatable bonds is 4. The van der Waals surface area contributed by atoms with Crippen molar-refractivity contribution in [1.29, 1.82) is 0 Å². The van der Waals surface area contributed by atoms with E-state index in [1.165, 1.54) is 6.42 Å². The van der Waals surface area contributed by atoms with Crippen LogP contribution < -0.4 is 10.1 Å². The highest BCUT2D eigenvalue weighted by molar-refractivity contribution is 14.0. The van der Waals surface area contributed by atoms with Crippen LogP contribution in [0.2, 0.25) is 0 Å². The molecule has 0 amide bonds. The second-order valence-corrected chi connectivity index (χ2v) is 6.19. The number of aromatic nitrogens is 1. The summed E-state index contributed by atoms with van der Waals surface area (Å²) in [7, 11) is 1.85. The molecule has 130 valence electrons. The van der Waals surface area contributed by atoms with E-state index in [1.807, 2.05) is 26.1 Å². The first-order chi connectivity index (χ1) is 10.6. The van der Waals surface area contributed by atoms with Crippen LogP contribution in [0.4, 0.5) is 0 Å². The molecule has 0 bridgehead atoms. The minimum absolute atomic E-state index is 0. The molecule has 0 spiro atoms. The molecular weight excluding hydrogens is 403 g/mol. The zero-order valence-electron chi connectivity index (χ0n) is 14.6. The van der Waals surface area contributed by atoms with E-state index in [0.29, 0.717) is 24.3 Å². The molecule has 1 N–H and O–H groups in total. The van der Waals surface area contributed by atoms with E-state index in [9.17, 15) is 0 Å². The summed E-state index contributed by atoms with van der Waals surface area (Å²) < 4.78 is 5.44. The number of piperidine rings is 1. The summed E-state index contributed by atoms with van der Waals surface area (Å²) in [6.07, 6.45) is 3.09. The van der Waals surface area contributed by atoms with Crippen molar-refractivity contribution in [3.8, 4) is 5.88 Å². The Hall–Kier alpha value is -1.05. The van der Waals surface area contributed by atoms with E-state index in [1.54, 1.807) is 6.20 Å². The lowest BCUT2D eigenvalue weighted by molar-refractivity contribution is 0.208. The Balaban J connectivity index is 0.00000264. The van der Waals surface area contributed by atoms with Crippen molar-refractivity contribution in [2.24, 2.45) is 16.8 Å². The molecule has 1 saturated heterocycles. The van der Waals surface area contributed by atoms with E-state index >= 15 is 0 Å². The predicted octanol–water partition coefficient (Wildman–Crippen LogP) is 3.15. The molecule has 1 aliphatic heterocycles. The first-order valence-electron chi connectivity index (χ1n) is 8.15. The Morgan fingerprint density at radius 3 is 2.70 bits per heavy atom. The SMILES string of the molecule is CCOc1cc(CNC(=NC)N2CC(C)CC(C)C2)ccn1.I. The number of nitrogens with one attached hydrogen (secondary N) is 1. The molecule has 2 unspecified atom stereocenters. The Labute approximate surface area is 156 Å². The number of halogens is 1. The fraction of sp³-hybridized carbons (Fsp3) is 0.647. The lowest BCUT2D eigenvalue weighted by Gasteiger charge is -2.37. The normalized spacial score (nSPS) is 21.6. The summed E-state index contributed by atoms with van der Waals surface area (Å²) in [4.78, 5) is 11.0. The molecule has 6 heteroatoms. The third kappa shape index (κ3) is 6.16. The van der Waals surface area contributed by atoms with Gasteiger partial charge in [-0.1, -0.05) is 13.8 Å². The van der Waals surface area contributed by atoms with E-state index in [0.717, 1.165) is 31.2 Å². The fourth-order valence-corrected chi connectivity index (χ4v) is 3.14. The van der Waals surface area contributed by atoms with Crippen molar-refractivity contribution in [3.05, 3.63) is 23.9 Å². The molecule has 1 aromatic heterocycles. The molecule has 2 atom stereocenters. The van der Waals surface area contributed by atoms with Gasteiger partial charge >= 0.3 is 0 Å². The number of hydrogen-bond acceptors (Lipinski definition) is 3. The molecule has 5 nitrogen and oxygen atoms in total. The van der Waals surface area contributed by atoms with E-state index < -0.39 is 0 Å². The van der Waals surface area contributed by atoms with Crippen LogP contribution in [0.1, 0.15) is 32.8 Å². The van der Waals surface area contributed by atoms with Gasteiger partial charge in [0, 0.05) is 38.9 Å². The molecule has 2 rings (SSSR count). The molecule has 1 aromatic rings. The maximum absolute atomic E-state index is 5.44. The topological polar surface area (TPSA) is 49.8 Å². The van der Waals surface area contributed by atoms with Gasteiger partial charge in [-0.05, 0) is 36.8 Å². The van der Waals surface area contributed by atoms with Crippen LogP contribution in [-0.4, -0.2) is 42.6 Å². The van der Waals surface area contributed by atoms with E-state index in [2.05, 4.69) is 34.0 Å². The average Bonchev–Trinajstić information content (AvgIpc) is 2.48. The summed E-state index contributed by atoms with van der Waals surface area (Å²) in [5.74, 6) is 3.09. The summed E-state index contributed by atoms with van der Waals surface area (Å²) in [5.41, 5.74) is 1.15. The predicted molar refractivity (Wildman–Crippen MR) is 106 cm³/mol. The first kappa shape index (κ1) is 20.0. The van der Waals surface area contributed by atoms with Gasteiger partial charge in [-0.15, -0.1) is 24.0 Å². The van der Waals surface area contributed by atoms with Gasteiger partial charge in [0.15, 0.2) is 5.96 Å². The van der Waals surface area contributed by atoms with Gasteiger partial charge in [0.2, 0.25) is 5.88 Å². The highest BCUT2D eigenvalue weighted by atomic mass is 127. The van der Waals surface area contributed by atoms with Crippen LogP contribution in [0.15, 0.2) is 23.3 Å². The Kier molecular flexibility index (Phi) is 8.65. The Bertz CT molecular complexity index is 499. The van der Waals surface area contributed by atoms with Crippen LogP contribution in [0.25, 0.3) is 0 Å². The van der Waals surface area contributed by atoms with Crippen LogP contribution in [-0.2, 0) is 6.54 Å². The summed E-state index contributed by atoms with van der Waals surface area (Å²) in [6, 6.07) is 3.98. The first-order valence-corrected chi connectivity index (χ1v) is 8.15. The lowest BCUT2D eigenvalue weighted by atomic mass is 9.92. The van der Waals surface area contributed by atoms with Crippen LogP contribution in [0.3, 0.4) is 0 Å². The standard InChI is InChI=1S/C17H28N4O.HI/c1-5-22-16-9-15(6-7-19-16)10-20-17(18-4)21-11-13(2)8-14(3)12-21;/h6-7,9,13-14H,5,8,10-12H2,1-4H3,(H,18,20);1H. The second kappa shape index (κ2) is 9.95.